The van der Waals surface area contributed by atoms with Gasteiger partial charge in [0.15, 0.2) is 0 Å². The van der Waals surface area contributed by atoms with Crippen LogP contribution in [0.4, 0.5) is 0 Å². The predicted octanol–water partition coefficient (Wildman–Crippen LogP) is 14.2. The van der Waals surface area contributed by atoms with Gasteiger partial charge in [-0.25, -0.2) is 0 Å². The fraction of sp³-hybridized carbons (Fsp3) is 0.375. The van der Waals surface area contributed by atoms with Crippen LogP contribution in [0.1, 0.15) is 91.5 Å². The molecule has 0 spiro atoms. The van der Waals surface area contributed by atoms with Crippen molar-refractivity contribution in [2.45, 2.75) is 106 Å². The van der Waals surface area contributed by atoms with Gasteiger partial charge in [0.1, 0.15) is 0 Å². The van der Waals surface area contributed by atoms with Crippen molar-refractivity contribution in [1.29, 1.82) is 0 Å². The topological polar surface area (TPSA) is 0 Å². The molecule has 0 saturated heterocycles. The van der Waals surface area contributed by atoms with E-state index in [1.165, 1.54) is 66.1 Å². The maximum Gasteiger partial charge on any atom is 0.0307 e. The van der Waals surface area contributed by atoms with Crippen LogP contribution in [0.15, 0.2) is 109 Å². The van der Waals surface area contributed by atoms with Gasteiger partial charge in [-0.2, -0.15) is 12.1 Å². The van der Waals surface area contributed by atoms with E-state index in [-0.39, 0.29) is 36.7 Å². The standard InChI is InChI=1S/2C23H27.C2H6Si.Hf/c2*1-16(2)13-17-14-18-9-8-11-19(21(18)15-17)20-10-6-7-12-22(20)23(3,4)5;1-3-2;/h2*6-12,14-16H,13H2,1-5H3;1-2H3;/q2*-1;;. The molecule has 6 aromatic carbocycles. The molecule has 262 valence electrons. The first-order valence-corrected chi connectivity index (χ1v) is 20.3. The minimum absolute atomic E-state index is 0. The summed E-state index contributed by atoms with van der Waals surface area (Å²) in [5.41, 5.74) is 11.5. The molecule has 0 aliphatic heterocycles. The molecule has 6 aromatic rings. The van der Waals surface area contributed by atoms with Crippen LogP contribution in [-0.4, -0.2) is 9.52 Å². The van der Waals surface area contributed by atoms with E-state index < -0.39 is 0 Å². The summed E-state index contributed by atoms with van der Waals surface area (Å²) in [4.78, 5) is 0. The minimum atomic E-state index is 0. The SMILES string of the molecule is CC(C)Cc1cc2c(-c3ccccc3C(C)(C)C)cccc2[cH-]1.CC(C)Cc1cc2c(-c3ccccc3C(C)(C)C)cccc2[cH-]1.C[Si]C.[Hf]. The van der Waals surface area contributed by atoms with Crippen LogP contribution in [-0.2, 0) is 49.5 Å². The van der Waals surface area contributed by atoms with E-state index in [9.17, 15) is 0 Å². The molecule has 2 heteroatoms. The van der Waals surface area contributed by atoms with Crippen molar-refractivity contribution in [1.82, 2.24) is 0 Å². The van der Waals surface area contributed by atoms with E-state index in [2.05, 4.69) is 192 Å². The fourth-order valence-electron chi connectivity index (χ4n) is 6.99. The summed E-state index contributed by atoms with van der Waals surface area (Å²) in [6.07, 6.45) is 2.30. The molecule has 2 radical (unpaired) electrons. The van der Waals surface area contributed by atoms with Gasteiger partial charge in [0, 0.05) is 35.4 Å². The molecule has 0 unspecified atom stereocenters. The Bertz CT molecular complexity index is 1790. The van der Waals surface area contributed by atoms with Crippen LogP contribution < -0.4 is 0 Å². The van der Waals surface area contributed by atoms with Gasteiger partial charge in [-0.1, -0.05) is 154 Å². The van der Waals surface area contributed by atoms with Crippen LogP contribution in [0.25, 0.3) is 43.8 Å². The molecule has 0 atom stereocenters. The van der Waals surface area contributed by atoms with Crippen LogP contribution in [0, 0.1) is 11.8 Å². The Morgan fingerprint density at radius 2 is 0.820 bits per heavy atom. The van der Waals surface area contributed by atoms with Crippen molar-refractivity contribution >= 4 is 31.1 Å². The molecule has 0 heterocycles. The Morgan fingerprint density at radius 3 is 1.14 bits per heavy atom. The smallest absolute Gasteiger partial charge is 0.0307 e. The fourth-order valence-corrected chi connectivity index (χ4v) is 6.99. The van der Waals surface area contributed by atoms with E-state index >= 15 is 0 Å². The Morgan fingerprint density at radius 1 is 0.500 bits per heavy atom. The molecule has 0 nitrogen and oxygen atoms in total. The van der Waals surface area contributed by atoms with Crippen LogP contribution in [0.3, 0.4) is 0 Å². The third kappa shape index (κ3) is 10.6. The summed E-state index contributed by atoms with van der Waals surface area (Å²) in [5.74, 6) is 1.38. The second-order valence-electron chi connectivity index (χ2n) is 16.6. The third-order valence-electron chi connectivity index (χ3n) is 8.96. The summed E-state index contributed by atoms with van der Waals surface area (Å²) in [6.45, 7) is 27.2. The Kier molecular flexibility index (Phi) is 15.1. The molecule has 0 aromatic heterocycles. The van der Waals surface area contributed by atoms with Gasteiger partial charge in [-0.3, -0.25) is 0 Å². The van der Waals surface area contributed by atoms with Crippen LogP contribution in [0.5, 0.6) is 0 Å². The van der Waals surface area contributed by atoms with Gasteiger partial charge in [0.25, 0.3) is 0 Å². The van der Waals surface area contributed by atoms with Gasteiger partial charge in [0.2, 0.25) is 0 Å². The molecule has 50 heavy (non-hydrogen) atoms. The molecule has 0 fully saturated rings. The number of benzene rings is 4. The zero-order valence-electron chi connectivity index (χ0n) is 33.0. The van der Waals surface area contributed by atoms with Gasteiger partial charge in [-0.15, -0.1) is 69.1 Å². The molecule has 0 N–H and O–H groups in total. The average Bonchev–Trinajstić information content (AvgIpc) is 3.63. The monoisotopic (exact) mass is 844 g/mol. The van der Waals surface area contributed by atoms with E-state index in [0.29, 0.717) is 11.8 Å². The van der Waals surface area contributed by atoms with E-state index in [1.54, 1.807) is 0 Å². The minimum Gasteiger partial charge on any atom is -0.164 e. The van der Waals surface area contributed by atoms with E-state index in [0.717, 1.165) is 22.4 Å². The van der Waals surface area contributed by atoms with Gasteiger partial charge >= 0.3 is 0 Å². The van der Waals surface area contributed by atoms with E-state index in [4.69, 9.17) is 0 Å². The molecule has 6 rings (SSSR count). The first-order chi connectivity index (χ1) is 23.1. The number of hydrogen-bond acceptors (Lipinski definition) is 0. The largest absolute Gasteiger partial charge is 0.164 e. The summed E-state index contributed by atoms with van der Waals surface area (Å²) in [7, 11) is 1.08. The molecule has 0 aliphatic rings. The van der Waals surface area contributed by atoms with Crippen molar-refractivity contribution in [3.05, 3.63) is 131 Å². The normalized spacial score (nSPS) is 11.6. The summed E-state index contributed by atoms with van der Waals surface area (Å²) in [6, 6.07) is 40.6. The summed E-state index contributed by atoms with van der Waals surface area (Å²) in [5, 5.41) is 5.50. The molecular formula is C48H60HfSi-2. The summed E-state index contributed by atoms with van der Waals surface area (Å²) >= 11 is 0. The number of fused-ring (bicyclic) bond motifs is 2. The second-order valence-corrected chi connectivity index (χ2v) is 17.6. The molecule has 0 aliphatic carbocycles. The predicted molar refractivity (Wildman–Crippen MR) is 222 cm³/mol. The van der Waals surface area contributed by atoms with Crippen molar-refractivity contribution in [2.75, 3.05) is 0 Å². The molecular weight excluding hydrogens is 783 g/mol. The Hall–Kier alpha value is -2.81. The average molecular weight is 844 g/mol. The molecule has 0 bridgehead atoms. The Labute approximate surface area is 326 Å². The summed E-state index contributed by atoms with van der Waals surface area (Å²) < 4.78 is 0. The maximum atomic E-state index is 2.39. The van der Waals surface area contributed by atoms with E-state index in [1.807, 2.05) is 0 Å². The first kappa shape index (κ1) is 41.6. The maximum absolute atomic E-state index is 2.39. The molecule has 0 saturated carbocycles. The number of rotatable bonds is 6. The number of hydrogen-bond donors (Lipinski definition) is 0. The third-order valence-corrected chi connectivity index (χ3v) is 8.96. The van der Waals surface area contributed by atoms with Crippen LogP contribution >= 0.6 is 0 Å². The first-order valence-electron chi connectivity index (χ1n) is 18.3. The van der Waals surface area contributed by atoms with Crippen molar-refractivity contribution in [2.24, 2.45) is 11.8 Å². The van der Waals surface area contributed by atoms with Gasteiger partial charge < -0.3 is 0 Å². The zero-order chi connectivity index (χ0) is 35.9. The van der Waals surface area contributed by atoms with Gasteiger partial charge in [0.05, 0.1) is 0 Å². The van der Waals surface area contributed by atoms with Crippen molar-refractivity contribution < 1.29 is 25.8 Å². The van der Waals surface area contributed by atoms with Gasteiger partial charge in [-0.05, 0) is 57.8 Å². The Balaban J connectivity index is 0.000000246. The zero-order valence-corrected chi connectivity index (χ0v) is 37.6. The van der Waals surface area contributed by atoms with Crippen molar-refractivity contribution in [3.8, 4) is 22.3 Å². The van der Waals surface area contributed by atoms with Crippen LogP contribution in [0.2, 0.25) is 13.1 Å². The molecule has 0 amide bonds. The van der Waals surface area contributed by atoms with Crippen molar-refractivity contribution in [3.63, 3.8) is 0 Å². The quantitative estimate of drug-likeness (QED) is 0.116. The second kappa shape index (κ2) is 18.1.